The van der Waals surface area contributed by atoms with Crippen molar-refractivity contribution in [3.8, 4) is 0 Å². The van der Waals surface area contributed by atoms with Crippen molar-refractivity contribution in [1.29, 1.82) is 0 Å². The average molecular weight is 1470 g/mol. The maximum absolute atomic E-state index is 12.4. The molecule has 0 saturated heterocycles. The minimum Gasteiger partial charge on any atom is -0.691 e. The molecule has 0 aliphatic heterocycles. The van der Waals surface area contributed by atoms with Crippen molar-refractivity contribution in [2.24, 2.45) is 5.92 Å². The van der Waals surface area contributed by atoms with Crippen LogP contribution < -0.4 is 10.5 Å². The first-order chi connectivity index (χ1) is 49.4. The van der Waals surface area contributed by atoms with Crippen LogP contribution >= 0.6 is 24.1 Å². The Morgan fingerprint density at radius 1 is 0.451 bits per heavy atom. The Bertz CT molecular complexity index is 3590. The Morgan fingerprint density at radius 2 is 0.804 bits per heavy atom. The van der Waals surface area contributed by atoms with E-state index in [-0.39, 0.29) is 62.5 Å². The molecule has 0 bridgehead atoms. The number of benzene rings is 8. The van der Waals surface area contributed by atoms with E-state index in [1.807, 2.05) is 0 Å². The van der Waals surface area contributed by atoms with Gasteiger partial charge in [0.1, 0.15) is 0 Å². The van der Waals surface area contributed by atoms with E-state index < -0.39 is 44.0 Å². The molecule has 1 aliphatic carbocycles. The summed E-state index contributed by atoms with van der Waals surface area (Å²) in [5.74, 6) is -1.49. The molecule has 0 unspecified atom stereocenters. The van der Waals surface area contributed by atoms with E-state index in [9.17, 15) is 45.1 Å². The van der Waals surface area contributed by atoms with Gasteiger partial charge in [0, 0.05) is 17.0 Å². The lowest BCUT2D eigenvalue weighted by molar-refractivity contribution is -0.777. The zero-order valence-electron chi connectivity index (χ0n) is 59.0. The van der Waals surface area contributed by atoms with Gasteiger partial charge in [-0.15, -0.1) is 0 Å². The van der Waals surface area contributed by atoms with E-state index in [4.69, 9.17) is 14.2 Å². The molecule has 0 aromatic heterocycles. The molecule has 1 saturated carbocycles. The number of nitrogens with zero attached hydrogens (tertiary/aromatic N) is 2. The van der Waals surface area contributed by atoms with Gasteiger partial charge < -0.3 is 24.7 Å². The molecule has 1 aliphatic rings. The van der Waals surface area contributed by atoms with Crippen LogP contribution in [0.1, 0.15) is 192 Å². The van der Waals surface area contributed by atoms with Crippen molar-refractivity contribution in [3.63, 3.8) is 0 Å². The quantitative estimate of drug-likeness (QED) is 0.00531. The highest BCUT2D eigenvalue weighted by molar-refractivity contribution is 7.97. The third-order valence-electron chi connectivity index (χ3n) is 16.4. The van der Waals surface area contributed by atoms with Gasteiger partial charge in [0.15, 0.2) is 34.3 Å². The summed E-state index contributed by atoms with van der Waals surface area (Å²) < 4.78 is 24.1. The second-order valence-electron chi connectivity index (χ2n) is 25.2. The Kier molecular flexibility index (Phi) is 38.0. The summed E-state index contributed by atoms with van der Waals surface area (Å²) >= 11 is 0.630. The van der Waals surface area contributed by atoms with Crippen LogP contribution in [0.15, 0.2) is 239 Å². The Balaban J connectivity index is 0.000000216. The number of unbranched alkanes of at least 4 members (excludes halogenated alkanes) is 10. The Morgan fingerprint density at radius 3 is 1.19 bits per heavy atom. The lowest BCUT2D eigenvalue weighted by Gasteiger charge is -2.21. The number of carbonyl (C=O) groups excluding carboxylic acids is 3. The number of hydrogen-bond donors (Lipinski definition) is 0. The van der Waals surface area contributed by atoms with Crippen LogP contribution in [0.5, 0.6) is 0 Å². The van der Waals surface area contributed by atoms with Crippen molar-refractivity contribution in [2.45, 2.75) is 202 Å². The fraction of sp³-hybridized carbons (Fsp3) is 0.362. The maximum Gasteiger partial charge on any atom is 0.338 e. The van der Waals surface area contributed by atoms with E-state index in [0.29, 0.717) is 42.5 Å². The van der Waals surface area contributed by atoms with Gasteiger partial charge in [-0.3, -0.25) is 30.3 Å². The lowest BCUT2D eigenvalue weighted by Crippen LogP contribution is -2.13. The molecule has 544 valence electrons. The van der Waals surface area contributed by atoms with Crippen LogP contribution in [0.3, 0.4) is 0 Å². The SMILES string of the molecule is CC(C)(C)c1ccc([S+](c2ccccc2)c2ccccc2)cc1.CCCCCCCCOC(=O)c1cc(SOO[O-])cc(C(=O)OCCCCCCCC)c1.Cc1ccc([S+](c2ccccc2)c2ccccc2)cc1.O=C(OCCC1CCCCC1)c1cc([N+](=O)[O-])c(SOO[O-])c([N+](=O)[O-])c1. The van der Waals surface area contributed by atoms with Crippen LogP contribution in [0.4, 0.5) is 11.4 Å². The normalized spacial score (nSPS) is 12.0. The average Bonchev–Trinajstić information content (AvgIpc) is 0.808. The minimum absolute atomic E-state index is 0.0172. The van der Waals surface area contributed by atoms with Crippen molar-refractivity contribution < 1.29 is 67.7 Å². The number of rotatable bonds is 34. The molecule has 0 heterocycles. The summed E-state index contributed by atoms with van der Waals surface area (Å²) in [6.07, 6.45) is 19.4. The molecule has 8 aromatic carbocycles. The van der Waals surface area contributed by atoms with Gasteiger partial charge >= 0.3 is 17.9 Å². The molecule has 0 atom stereocenters. The zero-order chi connectivity index (χ0) is 73.3. The third-order valence-corrected chi connectivity index (χ3v) is 22.2. The molecule has 22 heteroatoms. The smallest absolute Gasteiger partial charge is 0.338 e. The standard InChI is InChI=1S/C24H38O7S.C22H23S.C19H17S.C15H18N2O9S/c1-3-5-7-9-11-13-15-28-23(25)20-17-21(19-22(18-20)32-31-30-27)24(26)29-16-14-12-10-8-6-4-2;1-22(2,3)18-14-16-21(17-15-18)23(19-10-6-4-7-11-19)20-12-8-5-9-13-20;1-16-12-14-19(15-13-16)20(17-8-4-2-5-9-17)18-10-6-3-7-11-18;18-15(24-7-6-10-4-2-1-3-5-10)11-8-12(16(19)20)14(27-26-25-23)13(9-11)17(21)22/h17-19,27H,3-16H2,1-2H3;4-17H,1-3H3;2-15H,1H3;8-10,23H,1-7H2/q;2*+1;/p-2. The van der Waals surface area contributed by atoms with Gasteiger partial charge in [-0.25, -0.2) is 14.4 Å². The fourth-order valence-electron chi connectivity index (χ4n) is 11.0. The van der Waals surface area contributed by atoms with Gasteiger partial charge in [-0.2, -0.15) is 8.67 Å². The number of aryl methyl sites for hydroxylation is 1. The van der Waals surface area contributed by atoms with Crippen molar-refractivity contribution >= 4 is 75.2 Å². The summed E-state index contributed by atoms with van der Waals surface area (Å²) in [6, 6.07) is 67.2. The molecular formula is C80H94N2O16S4. The molecule has 0 amide bonds. The van der Waals surface area contributed by atoms with E-state index in [1.54, 1.807) is 0 Å². The molecule has 18 nitrogen and oxygen atoms in total. The van der Waals surface area contributed by atoms with E-state index >= 15 is 0 Å². The molecule has 9 rings (SSSR count). The molecule has 0 N–H and O–H groups in total. The maximum atomic E-state index is 12.4. The predicted octanol–water partition coefficient (Wildman–Crippen LogP) is 20.0. The first kappa shape index (κ1) is 83.1. The summed E-state index contributed by atoms with van der Waals surface area (Å²) in [6.45, 7) is 14.0. The first-order valence-electron chi connectivity index (χ1n) is 34.7. The molecule has 0 radical (unpaired) electrons. The highest BCUT2D eigenvalue weighted by Crippen LogP contribution is 2.40. The van der Waals surface area contributed by atoms with Crippen molar-refractivity contribution in [2.75, 3.05) is 19.8 Å². The van der Waals surface area contributed by atoms with E-state index in [1.165, 1.54) is 104 Å². The molecule has 102 heavy (non-hydrogen) atoms. The summed E-state index contributed by atoms with van der Waals surface area (Å²) in [4.78, 5) is 65.6. The van der Waals surface area contributed by atoms with Gasteiger partial charge in [-0.05, 0) is 134 Å². The van der Waals surface area contributed by atoms with Crippen LogP contribution in [0, 0.1) is 33.1 Å². The van der Waals surface area contributed by atoms with Gasteiger partial charge in [0.25, 0.3) is 11.4 Å². The molecule has 8 aromatic rings. The predicted molar refractivity (Wildman–Crippen MR) is 397 cm³/mol. The number of nitro groups is 2. The van der Waals surface area contributed by atoms with Gasteiger partial charge in [0.2, 0.25) is 0 Å². The fourth-order valence-corrected chi connectivity index (χ4v) is 16.2. The van der Waals surface area contributed by atoms with Crippen LogP contribution in [0.2, 0.25) is 0 Å². The van der Waals surface area contributed by atoms with Gasteiger partial charge in [-0.1, -0.05) is 234 Å². The number of esters is 3. The molecule has 0 spiro atoms. The van der Waals surface area contributed by atoms with Gasteiger partial charge in [0.05, 0.1) is 92.2 Å². The summed E-state index contributed by atoms with van der Waals surface area (Å²) in [5.41, 5.74) is 1.39. The Labute approximate surface area is 614 Å². The number of carbonyl (C=O) groups is 3. The number of nitro benzene ring substituents is 2. The number of hydrogen-bond acceptors (Lipinski definition) is 18. The highest BCUT2D eigenvalue weighted by atomic mass is 32.2. The summed E-state index contributed by atoms with van der Waals surface area (Å²) in [7, 11) is -0.0726. The highest BCUT2D eigenvalue weighted by Gasteiger charge is 2.32. The van der Waals surface area contributed by atoms with Crippen LogP contribution in [-0.4, -0.2) is 47.6 Å². The zero-order valence-corrected chi connectivity index (χ0v) is 62.3. The molecular weight excluding hydrogens is 1370 g/mol. The summed E-state index contributed by atoms with van der Waals surface area (Å²) in [5, 5.41) is 48.9. The van der Waals surface area contributed by atoms with Crippen LogP contribution in [-0.2, 0) is 60.2 Å². The first-order valence-corrected chi connectivity index (χ1v) is 38.6. The third kappa shape index (κ3) is 29.1. The minimum atomic E-state index is -0.928. The Hall–Kier alpha value is -7.87. The van der Waals surface area contributed by atoms with Crippen molar-refractivity contribution in [1.82, 2.24) is 0 Å². The lowest BCUT2D eigenvalue weighted by atomic mass is 9.87. The van der Waals surface area contributed by atoms with Crippen molar-refractivity contribution in [3.05, 3.63) is 248 Å². The van der Waals surface area contributed by atoms with Crippen LogP contribution in [0.25, 0.3) is 0 Å². The molecule has 1 fully saturated rings. The van der Waals surface area contributed by atoms with E-state index in [2.05, 4.69) is 230 Å². The second-order valence-corrected chi connectivity index (χ2v) is 30.8. The topological polar surface area (TPSA) is 248 Å². The number of ether oxygens (including phenoxy) is 3. The second kappa shape index (κ2) is 46.7. The monoisotopic (exact) mass is 1470 g/mol. The largest absolute Gasteiger partial charge is 0.691 e. The van der Waals surface area contributed by atoms with E-state index in [0.717, 1.165) is 76.3 Å².